The Morgan fingerprint density at radius 2 is 2.15 bits per heavy atom. The number of carbonyl (C=O) groups excluding carboxylic acids is 1. The molecule has 0 unspecified atom stereocenters. The summed E-state index contributed by atoms with van der Waals surface area (Å²) in [5.41, 5.74) is 7.19. The number of thiophene rings is 1. The van der Waals surface area contributed by atoms with Crippen molar-refractivity contribution in [2.24, 2.45) is 0 Å². The standard InChI is InChI=1S/C14H13NO4S/c1-8-10(15)5-13(20-8)14(16)17-6-9-2-3-11-12(4-9)19-7-18-11/h2-5H,6-7,15H2,1H3. The van der Waals surface area contributed by atoms with Crippen LogP contribution in [0, 0.1) is 6.92 Å². The average molecular weight is 291 g/mol. The minimum Gasteiger partial charge on any atom is -0.457 e. The lowest BCUT2D eigenvalue weighted by Crippen LogP contribution is -2.03. The van der Waals surface area contributed by atoms with Crippen molar-refractivity contribution in [2.75, 3.05) is 12.5 Å². The summed E-state index contributed by atoms with van der Waals surface area (Å²) in [6, 6.07) is 7.10. The lowest BCUT2D eigenvalue weighted by atomic mass is 10.2. The smallest absolute Gasteiger partial charge is 0.348 e. The Labute approximate surface area is 119 Å². The molecule has 0 fully saturated rings. The molecule has 104 valence electrons. The number of esters is 1. The third-order valence-corrected chi connectivity index (χ3v) is 4.01. The second kappa shape index (κ2) is 5.05. The molecular formula is C14H13NO4S. The molecule has 0 spiro atoms. The van der Waals surface area contributed by atoms with Crippen molar-refractivity contribution in [3.63, 3.8) is 0 Å². The van der Waals surface area contributed by atoms with Gasteiger partial charge in [-0.1, -0.05) is 6.07 Å². The van der Waals surface area contributed by atoms with E-state index in [9.17, 15) is 4.79 Å². The molecule has 2 aromatic rings. The van der Waals surface area contributed by atoms with E-state index in [4.69, 9.17) is 19.9 Å². The predicted octanol–water partition coefficient (Wildman–Crippen LogP) is 2.72. The number of benzene rings is 1. The van der Waals surface area contributed by atoms with E-state index in [-0.39, 0.29) is 19.4 Å². The van der Waals surface area contributed by atoms with Crippen molar-refractivity contribution >= 4 is 23.0 Å². The third-order valence-electron chi connectivity index (χ3n) is 2.96. The van der Waals surface area contributed by atoms with Crippen molar-refractivity contribution in [1.29, 1.82) is 0 Å². The fourth-order valence-electron chi connectivity index (χ4n) is 1.85. The highest BCUT2D eigenvalue weighted by Crippen LogP contribution is 2.32. The van der Waals surface area contributed by atoms with E-state index in [2.05, 4.69) is 0 Å². The lowest BCUT2D eigenvalue weighted by Gasteiger charge is -2.04. The molecule has 3 rings (SSSR count). The molecule has 0 radical (unpaired) electrons. The quantitative estimate of drug-likeness (QED) is 0.880. The zero-order valence-corrected chi connectivity index (χ0v) is 11.7. The van der Waals surface area contributed by atoms with E-state index in [0.717, 1.165) is 10.4 Å². The van der Waals surface area contributed by atoms with Gasteiger partial charge in [0.05, 0.1) is 0 Å². The summed E-state index contributed by atoms with van der Waals surface area (Å²) in [6.07, 6.45) is 0. The predicted molar refractivity (Wildman–Crippen MR) is 75.2 cm³/mol. The third kappa shape index (κ3) is 2.42. The molecule has 6 heteroatoms. The number of hydrogen-bond acceptors (Lipinski definition) is 6. The summed E-state index contributed by atoms with van der Waals surface area (Å²) in [5.74, 6) is 1.02. The zero-order valence-electron chi connectivity index (χ0n) is 10.8. The van der Waals surface area contributed by atoms with Gasteiger partial charge in [-0.3, -0.25) is 0 Å². The van der Waals surface area contributed by atoms with E-state index in [0.29, 0.717) is 22.1 Å². The maximum absolute atomic E-state index is 11.9. The maximum atomic E-state index is 11.9. The van der Waals surface area contributed by atoms with Crippen LogP contribution >= 0.6 is 11.3 Å². The SMILES string of the molecule is Cc1sc(C(=O)OCc2ccc3c(c2)OCO3)cc1N. The summed E-state index contributed by atoms with van der Waals surface area (Å²) < 4.78 is 15.8. The van der Waals surface area contributed by atoms with Gasteiger partial charge in [-0.05, 0) is 30.7 Å². The topological polar surface area (TPSA) is 70.8 Å². The Morgan fingerprint density at radius 1 is 1.35 bits per heavy atom. The molecule has 2 heterocycles. The number of ether oxygens (including phenoxy) is 3. The number of fused-ring (bicyclic) bond motifs is 1. The van der Waals surface area contributed by atoms with E-state index in [1.165, 1.54) is 11.3 Å². The Morgan fingerprint density at radius 3 is 2.90 bits per heavy atom. The van der Waals surface area contributed by atoms with Gasteiger partial charge in [0.25, 0.3) is 0 Å². The number of nitrogen functional groups attached to an aromatic ring is 1. The molecule has 20 heavy (non-hydrogen) atoms. The summed E-state index contributed by atoms with van der Waals surface area (Å²) in [4.78, 5) is 13.3. The number of anilines is 1. The molecule has 0 aliphatic carbocycles. The van der Waals surface area contributed by atoms with Gasteiger partial charge in [-0.15, -0.1) is 11.3 Å². The first kappa shape index (κ1) is 12.8. The minimum atomic E-state index is -0.368. The first-order chi connectivity index (χ1) is 9.63. The molecule has 0 saturated heterocycles. The number of aryl methyl sites for hydroxylation is 1. The van der Waals surface area contributed by atoms with Crippen LogP contribution in [-0.2, 0) is 11.3 Å². The van der Waals surface area contributed by atoms with Crippen molar-refractivity contribution in [3.05, 3.63) is 39.6 Å². The second-order valence-electron chi connectivity index (χ2n) is 4.39. The van der Waals surface area contributed by atoms with Gasteiger partial charge in [0.1, 0.15) is 11.5 Å². The summed E-state index contributed by atoms with van der Waals surface area (Å²) in [5, 5.41) is 0. The average Bonchev–Trinajstić information content (AvgIpc) is 3.03. The number of nitrogens with two attached hydrogens (primary N) is 1. The number of rotatable bonds is 3. The van der Waals surface area contributed by atoms with Crippen LogP contribution in [0.2, 0.25) is 0 Å². The van der Waals surface area contributed by atoms with Gasteiger partial charge in [0.2, 0.25) is 6.79 Å². The molecule has 1 aliphatic heterocycles. The first-order valence-electron chi connectivity index (χ1n) is 6.05. The second-order valence-corrected chi connectivity index (χ2v) is 5.64. The van der Waals surface area contributed by atoms with Gasteiger partial charge in [0, 0.05) is 10.6 Å². The summed E-state index contributed by atoms with van der Waals surface area (Å²) >= 11 is 1.33. The largest absolute Gasteiger partial charge is 0.457 e. The van der Waals surface area contributed by atoms with Crippen LogP contribution in [0.25, 0.3) is 0 Å². The molecule has 2 N–H and O–H groups in total. The monoisotopic (exact) mass is 291 g/mol. The fraction of sp³-hybridized carbons (Fsp3) is 0.214. The molecular weight excluding hydrogens is 278 g/mol. The molecule has 0 amide bonds. The molecule has 1 aromatic carbocycles. The molecule has 0 saturated carbocycles. The van der Waals surface area contributed by atoms with Gasteiger partial charge in [-0.25, -0.2) is 4.79 Å². The minimum absolute atomic E-state index is 0.187. The molecule has 1 aliphatic rings. The van der Waals surface area contributed by atoms with Crippen LogP contribution < -0.4 is 15.2 Å². The van der Waals surface area contributed by atoms with Crippen LogP contribution in [0.3, 0.4) is 0 Å². The van der Waals surface area contributed by atoms with Crippen LogP contribution in [0.15, 0.2) is 24.3 Å². The Kier molecular flexibility index (Phi) is 3.23. The fourth-order valence-corrected chi connectivity index (χ4v) is 2.68. The van der Waals surface area contributed by atoms with Gasteiger partial charge >= 0.3 is 5.97 Å². The van der Waals surface area contributed by atoms with Crippen LogP contribution in [-0.4, -0.2) is 12.8 Å². The van der Waals surface area contributed by atoms with Gasteiger partial charge < -0.3 is 19.9 Å². The highest BCUT2D eigenvalue weighted by molar-refractivity contribution is 7.14. The van der Waals surface area contributed by atoms with Crippen LogP contribution in [0.4, 0.5) is 5.69 Å². The van der Waals surface area contributed by atoms with Crippen molar-refractivity contribution < 1.29 is 19.0 Å². The van der Waals surface area contributed by atoms with Gasteiger partial charge in [-0.2, -0.15) is 0 Å². The molecule has 1 aromatic heterocycles. The molecule has 0 atom stereocenters. The first-order valence-corrected chi connectivity index (χ1v) is 6.86. The highest BCUT2D eigenvalue weighted by Gasteiger charge is 2.15. The van der Waals surface area contributed by atoms with E-state index >= 15 is 0 Å². The van der Waals surface area contributed by atoms with E-state index in [1.807, 2.05) is 19.1 Å². The lowest BCUT2D eigenvalue weighted by molar-refractivity contribution is 0.0478. The Bertz CT molecular complexity index is 646. The maximum Gasteiger partial charge on any atom is 0.348 e. The Balaban J connectivity index is 1.66. The number of carbonyl (C=O) groups is 1. The van der Waals surface area contributed by atoms with E-state index in [1.54, 1.807) is 12.1 Å². The van der Waals surface area contributed by atoms with Crippen molar-refractivity contribution in [3.8, 4) is 11.5 Å². The number of hydrogen-bond donors (Lipinski definition) is 1. The van der Waals surface area contributed by atoms with Gasteiger partial charge in [0.15, 0.2) is 11.5 Å². The van der Waals surface area contributed by atoms with Crippen LogP contribution in [0.1, 0.15) is 20.1 Å². The summed E-state index contributed by atoms with van der Waals surface area (Å²) in [6.45, 7) is 2.28. The van der Waals surface area contributed by atoms with Crippen molar-refractivity contribution in [1.82, 2.24) is 0 Å². The van der Waals surface area contributed by atoms with E-state index < -0.39 is 0 Å². The molecule has 5 nitrogen and oxygen atoms in total. The normalized spacial score (nSPS) is 12.4. The highest BCUT2D eigenvalue weighted by atomic mass is 32.1. The molecule has 0 bridgehead atoms. The van der Waals surface area contributed by atoms with Crippen LogP contribution in [0.5, 0.6) is 11.5 Å². The Hall–Kier alpha value is -2.21. The zero-order chi connectivity index (χ0) is 14.1. The summed E-state index contributed by atoms with van der Waals surface area (Å²) in [7, 11) is 0. The van der Waals surface area contributed by atoms with Crippen molar-refractivity contribution in [2.45, 2.75) is 13.5 Å².